The molecule has 1 aliphatic rings. The second-order valence-electron chi connectivity index (χ2n) is 3.48. The number of nitrogens with zero attached hydrogens (tertiary/aromatic N) is 1. The summed E-state index contributed by atoms with van der Waals surface area (Å²) in [4.78, 5) is 2.43. The van der Waals surface area contributed by atoms with Crippen LogP contribution in [0.1, 0.15) is 12.8 Å². The van der Waals surface area contributed by atoms with Crippen molar-refractivity contribution in [3.05, 3.63) is 30.3 Å². The van der Waals surface area contributed by atoms with E-state index in [1.165, 1.54) is 25.1 Å². The third-order valence-corrected chi connectivity index (χ3v) is 2.67. The first-order chi connectivity index (χ1) is 6.42. The zero-order valence-electron chi connectivity index (χ0n) is 8.03. The lowest BCUT2D eigenvalue weighted by molar-refractivity contribution is 0.582. The number of benzene rings is 1. The summed E-state index contributed by atoms with van der Waals surface area (Å²) < 4.78 is 0. The van der Waals surface area contributed by atoms with E-state index in [4.69, 9.17) is 0 Å². The maximum absolute atomic E-state index is 3.34. The molecular formula is C11H16N2. The first-order valence-electron chi connectivity index (χ1n) is 4.91. The fourth-order valence-electron chi connectivity index (χ4n) is 2.00. The fraction of sp³-hybridized carbons (Fsp3) is 0.455. The van der Waals surface area contributed by atoms with Crippen molar-refractivity contribution in [2.24, 2.45) is 0 Å². The second kappa shape index (κ2) is 3.79. The highest BCUT2D eigenvalue weighted by molar-refractivity contribution is 5.47. The molecule has 2 nitrogen and oxygen atoms in total. The van der Waals surface area contributed by atoms with Gasteiger partial charge in [-0.05, 0) is 32.0 Å². The summed E-state index contributed by atoms with van der Waals surface area (Å²) in [6.07, 6.45) is 3.08. The zero-order valence-corrected chi connectivity index (χ0v) is 8.03. The molecule has 0 spiro atoms. The van der Waals surface area contributed by atoms with E-state index in [1.807, 2.05) is 7.05 Å². The van der Waals surface area contributed by atoms with Crippen LogP contribution in [-0.4, -0.2) is 19.8 Å². The van der Waals surface area contributed by atoms with Gasteiger partial charge in [-0.3, -0.25) is 0 Å². The van der Waals surface area contributed by atoms with Crippen LogP contribution in [0.5, 0.6) is 0 Å². The Bertz CT molecular complexity index is 258. The fourth-order valence-corrected chi connectivity index (χ4v) is 2.00. The average Bonchev–Trinajstić information content (AvgIpc) is 2.67. The molecule has 0 saturated carbocycles. The van der Waals surface area contributed by atoms with E-state index in [-0.39, 0.29) is 0 Å². The van der Waals surface area contributed by atoms with E-state index in [9.17, 15) is 0 Å². The van der Waals surface area contributed by atoms with Gasteiger partial charge in [-0.25, -0.2) is 0 Å². The van der Waals surface area contributed by atoms with Crippen LogP contribution >= 0.6 is 0 Å². The lowest BCUT2D eigenvalue weighted by Crippen LogP contribution is -2.39. The third kappa shape index (κ3) is 1.68. The van der Waals surface area contributed by atoms with Gasteiger partial charge in [0.05, 0.1) is 6.17 Å². The second-order valence-corrected chi connectivity index (χ2v) is 3.48. The Kier molecular flexibility index (Phi) is 2.50. The number of nitrogens with one attached hydrogen (secondary N) is 1. The molecule has 13 heavy (non-hydrogen) atoms. The molecule has 1 saturated heterocycles. The van der Waals surface area contributed by atoms with Gasteiger partial charge in [0.2, 0.25) is 0 Å². The molecule has 1 fully saturated rings. The molecule has 2 rings (SSSR count). The molecule has 0 radical (unpaired) electrons. The third-order valence-electron chi connectivity index (χ3n) is 2.67. The lowest BCUT2D eigenvalue weighted by atomic mass is 10.3. The Labute approximate surface area is 79.6 Å². The standard InChI is InChI=1S/C11H16N2/c1-12-11-8-5-9-13(11)10-6-3-2-4-7-10/h2-4,6-7,11-12H,5,8-9H2,1H3. The summed E-state index contributed by atoms with van der Waals surface area (Å²) in [6.45, 7) is 1.18. The normalized spacial score (nSPS) is 22.2. The Morgan fingerprint density at radius 3 is 2.77 bits per heavy atom. The van der Waals surface area contributed by atoms with Gasteiger partial charge in [0.15, 0.2) is 0 Å². The molecule has 1 aromatic rings. The monoisotopic (exact) mass is 176 g/mol. The van der Waals surface area contributed by atoms with Crippen LogP contribution < -0.4 is 10.2 Å². The molecule has 2 heteroatoms. The van der Waals surface area contributed by atoms with Crippen LogP contribution in [0.2, 0.25) is 0 Å². The number of rotatable bonds is 2. The molecule has 70 valence electrons. The van der Waals surface area contributed by atoms with Gasteiger partial charge in [-0.2, -0.15) is 0 Å². The van der Waals surface area contributed by atoms with Crippen molar-refractivity contribution in [1.82, 2.24) is 5.32 Å². The molecule has 0 aromatic heterocycles. The molecule has 0 amide bonds. The first-order valence-corrected chi connectivity index (χ1v) is 4.91. The maximum Gasteiger partial charge on any atom is 0.0794 e. The van der Waals surface area contributed by atoms with Gasteiger partial charge in [0, 0.05) is 12.2 Å². The minimum Gasteiger partial charge on any atom is -0.356 e. The molecule has 1 atom stereocenters. The Balaban J connectivity index is 2.16. The largest absolute Gasteiger partial charge is 0.356 e. The summed E-state index contributed by atoms with van der Waals surface area (Å²) in [6, 6.07) is 10.6. The van der Waals surface area contributed by atoms with E-state index in [2.05, 4.69) is 40.5 Å². The minimum absolute atomic E-state index is 0.530. The van der Waals surface area contributed by atoms with Gasteiger partial charge < -0.3 is 10.2 Å². The van der Waals surface area contributed by atoms with E-state index >= 15 is 0 Å². The smallest absolute Gasteiger partial charge is 0.0794 e. The molecule has 1 unspecified atom stereocenters. The van der Waals surface area contributed by atoms with Crippen LogP contribution in [0, 0.1) is 0 Å². The molecule has 1 aliphatic heterocycles. The Morgan fingerprint density at radius 1 is 1.31 bits per heavy atom. The molecule has 1 aromatic carbocycles. The first kappa shape index (κ1) is 8.57. The number of para-hydroxylation sites is 1. The van der Waals surface area contributed by atoms with Crippen molar-refractivity contribution < 1.29 is 0 Å². The van der Waals surface area contributed by atoms with Crippen molar-refractivity contribution in [2.75, 3.05) is 18.5 Å². The van der Waals surface area contributed by atoms with Gasteiger partial charge in [-0.1, -0.05) is 18.2 Å². The lowest BCUT2D eigenvalue weighted by Gasteiger charge is -2.26. The van der Waals surface area contributed by atoms with E-state index in [0.29, 0.717) is 6.17 Å². The summed E-state index contributed by atoms with van der Waals surface area (Å²) in [5.74, 6) is 0. The minimum atomic E-state index is 0.530. The highest BCUT2D eigenvalue weighted by atomic mass is 15.3. The predicted molar refractivity (Wildman–Crippen MR) is 55.9 cm³/mol. The summed E-state index contributed by atoms with van der Waals surface area (Å²) in [7, 11) is 2.03. The van der Waals surface area contributed by atoms with Gasteiger partial charge >= 0.3 is 0 Å². The van der Waals surface area contributed by atoms with Crippen molar-refractivity contribution in [3.8, 4) is 0 Å². The molecule has 1 heterocycles. The average molecular weight is 176 g/mol. The zero-order chi connectivity index (χ0) is 9.10. The quantitative estimate of drug-likeness (QED) is 0.739. The number of hydrogen-bond acceptors (Lipinski definition) is 2. The topological polar surface area (TPSA) is 15.3 Å². The van der Waals surface area contributed by atoms with Crippen LogP contribution in [-0.2, 0) is 0 Å². The van der Waals surface area contributed by atoms with Gasteiger partial charge in [0.1, 0.15) is 0 Å². The highest BCUT2D eigenvalue weighted by Crippen LogP contribution is 2.23. The SMILES string of the molecule is CNC1CCCN1c1ccccc1. The predicted octanol–water partition coefficient (Wildman–Crippen LogP) is 1.83. The van der Waals surface area contributed by atoms with Crippen molar-refractivity contribution >= 4 is 5.69 Å². The highest BCUT2D eigenvalue weighted by Gasteiger charge is 2.22. The van der Waals surface area contributed by atoms with Gasteiger partial charge in [0.25, 0.3) is 0 Å². The molecule has 1 N–H and O–H groups in total. The molecule has 0 aliphatic carbocycles. The van der Waals surface area contributed by atoms with Crippen molar-refractivity contribution in [2.45, 2.75) is 19.0 Å². The Morgan fingerprint density at radius 2 is 2.08 bits per heavy atom. The number of anilines is 1. The van der Waals surface area contributed by atoms with E-state index in [0.717, 1.165) is 0 Å². The van der Waals surface area contributed by atoms with E-state index in [1.54, 1.807) is 0 Å². The van der Waals surface area contributed by atoms with Crippen molar-refractivity contribution in [3.63, 3.8) is 0 Å². The van der Waals surface area contributed by atoms with Crippen molar-refractivity contribution in [1.29, 1.82) is 0 Å². The Hall–Kier alpha value is -1.02. The number of hydrogen-bond donors (Lipinski definition) is 1. The molecular weight excluding hydrogens is 160 g/mol. The summed E-state index contributed by atoms with van der Waals surface area (Å²) >= 11 is 0. The van der Waals surface area contributed by atoms with Crippen LogP contribution in [0.4, 0.5) is 5.69 Å². The summed E-state index contributed by atoms with van der Waals surface area (Å²) in [5.41, 5.74) is 1.33. The van der Waals surface area contributed by atoms with Crippen LogP contribution in [0.25, 0.3) is 0 Å². The van der Waals surface area contributed by atoms with Crippen LogP contribution in [0.3, 0.4) is 0 Å². The van der Waals surface area contributed by atoms with E-state index < -0.39 is 0 Å². The van der Waals surface area contributed by atoms with Gasteiger partial charge in [-0.15, -0.1) is 0 Å². The maximum atomic E-state index is 3.34. The van der Waals surface area contributed by atoms with Crippen LogP contribution in [0.15, 0.2) is 30.3 Å². The molecule has 0 bridgehead atoms. The summed E-state index contributed by atoms with van der Waals surface area (Å²) in [5, 5.41) is 3.34.